The zero-order valence-electron chi connectivity index (χ0n) is 11.2. The summed E-state index contributed by atoms with van der Waals surface area (Å²) in [7, 11) is 0. The molecule has 1 amide bonds. The van der Waals surface area contributed by atoms with Gasteiger partial charge in [-0.1, -0.05) is 6.07 Å². The number of nitrogens with one attached hydrogen (secondary N) is 2. The summed E-state index contributed by atoms with van der Waals surface area (Å²) >= 11 is 0. The third kappa shape index (κ3) is 5.72. The minimum absolute atomic E-state index is 0.0676. The largest absolute Gasteiger partial charge is 0.396 e. The molecule has 1 unspecified atom stereocenters. The van der Waals surface area contributed by atoms with E-state index in [9.17, 15) is 4.79 Å². The summed E-state index contributed by atoms with van der Waals surface area (Å²) in [6, 6.07) is 7.47. The molecule has 4 N–H and O–H groups in total. The summed E-state index contributed by atoms with van der Waals surface area (Å²) in [6.07, 6.45) is 1.63. The molecule has 0 aliphatic rings. The molecule has 0 heterocycles. The number of carbonyl (C=O) groups is 1. The van der Waals surface area contributed by atoms with Crippen molar-refractivity contribution >= 4 is 11.6 Å². The molecule has 0 saturated carbocycles. The van der Waals surface area contributed by atoms with E-state index in [1.807, 2.05) is 19.1 Å². The number of rotatable bonds is 8. The molecule has 1 rings (SSSR count). The van der Waals surface area contributed by atoms with Crippen LogP contribution < -0.4 is 10.6 Å². The lowest BCUT2D eigenvalue weighted by molar-refractivity contribution is 0.0945. The molecule has 5 heteroatoms. The van der Waals surface area contributed by atoms with Gasteiger partial charge in [0.15, 0.2) is 0 Å². The van der Waals surface area contributed by atoms with Gasteiger partial charge in [-0.15, -0.1) is 0 Å². The minimum atomic E-state index is -0.194. The van der Waals surface area contributed by atoms with Crippen LogP contribution in [0.2, 0.25) is 0 Å². The molecule has 1 aromatic carbocycles. The number of hydrogen-bond donors (Lipinski definition) is 4. The lowest BCUT2D eigenvalue weighted by Gasteiger charge is -2.15. The molecular weight excluding hydrogens is 244 g/mol. The quantitative estimate of drug-likeness (QED) is 0.565. The van der Waals surface area contributed by atoms with Gasteiger partial charge in [0.05, 0.1) is 6.61 Å². The summed E-state index contributed by atoms with van der Waals surface area (Å²) in [6.45, 7) is 2.41. The Kier molecular flexibility index (Phi) is 6.92. The van der Waals surface area contributed by atoms with Gasteiger partial charge in [-0.05, 0) is 38.0 Å². The van der Waals surface area contributed by atoms with Crippen LogP contribution in [0.3, 0.4) is 0 Å². The lowest BCUT2D eigenvalue weighted by atomic mass is 10.1. The number of aliphatic hydroxyl groups is 2. The maximum atomic E-state index is 11.7. The fraction of sp³-hybridized carbons (Fsp3) is 0.500. The average molecular weight is 266 g/mol. The smallest absolute Gasteiger partial charge is 0.251 e. The maximum Gasteiger partial charge on any atom is 0.251 e. The number of aliphatic hydroxyl groups excluding tert-OH is 2. The molecular formula is C14H22N2O3. The average Bonchev–Trinajstić information content (AvgIpc) is 2.42. The first-order valence-electron chi connectivity index (χ1n) is 6.54. The van der Waals surface area contributed by atoms with Crippen LogP contribution in [0.25, 0.3) is 0 Å². The van der Waals surface area contributed by atoms with Gasteiger partial charge >= 0.3 is 0 Å². The molecule has 0 aromatic heterocycles. The Balaban J connectivity index is 2.58. The topological polar surface area (TPSA) is 81.6 Å². The van der Waals surface area contributed by atoms with Crippen molar-refractivity contribution < 1.29 is 15.0 Å². The zero-order chi connectivity index (χ0) is 14.1. The number of benzene rings is 1. The Morgan fingerprint density at radius 1 is 1.32 bits per heavy atom. The van der Waals surface area contributed by atoms with Gasteiger partial charge in [0.1, 0.15) is 0 Å². The molecule has 0 bridgehead atoms. The van der Waals surface area contributed by atoms with E-state index in [0.717, 1.165) is 18.5 Å². The van der Waals surface area contributed by atoms with Crippen molar-refractivity contribution in [2.24, 2.45) is 0 Å². The van der Waals surface area contributed by atoms with Gasteiger partial charge in [0.25, 0.3) is 5.91 Å². The van der Waals surface area contributed by atoms with Crippen molar-refractivity contribution in [1.82, 2.24) is 5.32 Å². The fourth-order valence-electron chi connectivity index (χ4n) is 1.78. The highest BCUT2D eigenvalue weighted by Gasteiger charge is 2.07. The number of anilines is 1. The summed E-state index contributed by atoms with van der Waals surface area (Å²) < 4.78 is 0. The third-order valence-electron chi connectivity index (χ3n) is 2.73. The summed E-state index contributed by atoms with van der Waals surface area (Å²) in [5.41, 5.74) is 1.44. The zero-order valence-corrected chi connectivity index (χ0v) is 11.2. The summed E-state index contributed by atoms with van der Waals surface area (Å²) in [5.74, 6) is -0.194. The fourth-order valence-corrected chi connectivity index (χ4v) is 1.78. The molecule has 1 aromatic rings. The van der Waals surface area contributed by atoms with Crippen LogP contribution in [-0.4, -0.2) is 41.9 Å². The molecule has 0 fully saturated rings. The van der Waals surface area contributed by atoms with Crippen LogP contribution in [0.15, 0.2) is 24.3 Å². The van der Waals surface area contributed by atoms with Crippen molar-refractivity contribution in [1.29, 1.82) is 0 Å². The molecule has 5 nitrogen and oxygen atoms in total. The van der Waals surface area contributed by atoms with Crippen molar-refractivity contribution in [3.8, 4) is 0 Å². The lowest BCUT2D eigenvalue weighted by Crippen LogP contribution is -2.26. The van der Waals surface area contributed by atoms with Crippen LogP contribution in [0.4, 0.5) is 5.69 Å². The monoisotopic (exact) mass is 266 g/mol. The summed E-state index contributed by atoms with van der Waals surface area (Å²) in [5, 5.41) is 23.4. The van der Waals surface area contributed by atoms with E-state index in [2.05, 4.69) is 10.6 Å². The second kappa shape index (κ2) is 8.50. The van der Waals surface area contributed by atoms with Crippen molar-refractivity contribution in [3.05, 3.63) is 29.8 Å². The Labute approximate surface area is 113 Å². The Morgan fingerprint density at radius 2 is 2.11 bits per heavy atom. The second-order valence-electron chi connectivity index (χ2n) is 4.47. The minimum Gasteiger partial charge on any atom is -0.396 e. The highest BCUT2D eigenvalue weighted by molar-refractivity contribution is 5.95. The Bertz CT molecular complexity index is 396. The Hall–Kier alpha value is -1.59. The van der Waals surface area contributed by atoms with Gasteiger partial charge in [0.2, 0.25) is 0 Å². The standard InChI is InChI=1S/C14H22N2O3/c1-11(4-3-8-17)16-13-6-2-5-12(10-13)14(19)15-7-9-18/h2,5-6,10-11,16-18H,3-4,7-9H2,1H3,(H,15,19). The van der Waals surface area contributed by atoms with Gasteiger partial charge in [-0.2, -0.15) is 0 Å². The molecule has 0 saturated heterocycles. The van der Waals surface area contributed by atoms with Crippen molar-refractivity contribution in [2.75, 3.05) is 25.1 Å². The highest BCUT2D eigenvalue weighted by atomic mass is 16.3. The molecule has 0 radical (unpaired) electrons. The normalized spacial score (nSPS) is 11.9. The summed E-state index contributed by atoms with van der Waals surface area (Å²) in [4.78, 5) is 11.7. The molecule has 19 heavy (non-hydrogen) atoms. The molecule has 1 atom stereocenters. The SMILES string of the molecule is CC(CCCO)Nc1cccc(C(=O)NCCO)c1. The molecule has 0 aliphatic heterocycles. The van der Waals surface area contributed by atoms with Crippen LogP contribution in [0, 0.1) is 0 Å². The van der Waals surface area contributed by atoms with Crippen LogP contribution >= 0.6 is 0 Å². The number of hydrogen-bond acceptors (Lipinski definition) is 4. The Morgan fingerprint density at radius 3 is 2.79 bits per heavy atom. The second-order valence-corrected chi connectivity index (χ2v) is 4.47. The highest BCUT2D eigenvalue weighted by Crippen LogP contribution is 2.13. The van der Waals surface area contributed by atoms with E-state index in [1.165, 1.54) is 0 Å². The van der Waals surface area contributed by atoms with Crippen LogP contribution in [-0.2, 0) is 0 Å². The van der Waals surface area contributed by atoms with E-state index < -0.39 is 0 Å². The van der Waals surface area contributed by atoms with E-state index in [1.54, 1.807) is 12.1 Å². The predicted octanol–water partition coefficient (Wildman–Crippen LogP) is 0.982. The number of amides is 1. The molecule has 106 valence electrons. The van der Waals surface area contributed by atoms with E-state index >= 15 is 0 Å². The van der Waals surface area contributed by atoms with Gasteiger partial charge in [-0.3, -0.25) is 4.79 Å². The van der Waals surface area contributed by atoms with Crippen LogP contribution in [0.5, 0.6) is 0 Å². The predicted molar refractivity (Wildman–Crippen MR) is 75.3 cm³/mol. The maximum absolute atomic E-state index is 11.7. The van der Waals surface area contributed by atoms with Gasteiger partial charge < -0.3 is 20.8 Å². The van der Waals surface area contributed by atoms with Crippen LogP contribution in [0.1, 0.15) is 30.1 Å². The first kappa shape index (κ1) is 15.5. The first-order valence-corrected chi connectivity index (χ1v) is 6.54. The van der Waals surface area contributed by atoms with Gasteiger partial charge in [-0.25, -0.2) is 0 Å². The van der Waals surface area contributed by atoms with E-state index in [0.29, 0.717) is 5.56 Å². The van der Waals surface area contributed by atoms with E-state index in [-0.39, 0.29) is 31.7 Å². The van der Waals surface area contributed by atoms with E-state index in [4.69, 9.17) is 10.2 Å². The molecule has 0 aliphatic carbocycles. The molecule has 0 spiro atoms. The first-order chi connectivity index (χ1) is 9.17. The van der Waals surface area contributed by atoms with Crippen molar-refractivity contribution in [3.63, 3.8) is 0 Å². The van der Waals surface area contributed by atoms with Crippen molar-refractivity contribution in [2.45, 2.75) is 25.8 Å². The third-order valence-corrected chi connectivity index (χ3v) is 2.73. The van der Waals surface area contributed by atoms with Gasteiger partial charge in [0, 0.05) is 30.4 Å². The number of carbonyl (C=O) groups excluding carboxylic acids is 1.